The van der Waals surface area contributed by atoms with Crippen molar-refractivity contribution in [2.45, 2.75) is 51.0 Å². The van der Waals surface area contributed by atoms with Crippen LogP contribution in [0, 0.1) is 0 Å². The first kappa shape index (κ1) is 17.7. The van der Waals surface area contributed by atoms with Crippen molar-refractivity contribution in [3.8, 4) is 5.75 Å². The topological polar surface area (TPSA) is 70.6 Å². The van der Waals surface area contributed by atoms with E-state index >= 15 is 0 Å². The second-order valence-corrected chi connectivity index (χ2v) is 5.85. The van der Waals surface area contributed by atoms with Gasteiger partial charge in [0.2, 0.25) is 0 Å². The van der Waals surface area contributed by atoms with Gasteiger partial charge in [-0.25, -0.2) is 4.79 Å². The number of benzene rings is 1. The van der Waals surface area contributed by atoms with Crippen molar-refractivity contribution in [1.29, 1.82) is 0 Å². The second-order valence-electron chi connectivity index (χ2n) is 5.42. The van der Waals surface area contributed by atoms with Gasteiger partial charge in [0.15, 0.2) is 0 Å². The number of halogens is 3. The molecule has 8 heteroatoms. The van der Waals surface area contributed by atoms with Crippen molar-refractivity contribution >= 4 is 17.6 Å². The normalized spacial score (nSPS) is 21.1. The van der Waals surface area contributed by atoms with Crippen molar-refractivity contribution < 1.29 is 23.4 Å². The molecule has 2 rings (SSSR count). The first-order valence-electron chi connectivity index (χ1n) is 7.41. The zero-order valence-corrected chi connectivity index (χ0v) is 13.2. The van der Waals surface area contributed by atoms with E-state index in [1.54, 1.807) is 0 Å². The molecular weight excluding hydrogens is 330 g/mol. The summed E-state index contributed by atoms with van der Waals surface area (Å²) in [5, 5.41) is 15.4. The average Bonchev–Trinajstić information content (AvgIpc) is 2.49. The summed E-state index contributed by atoms with van der Waals surface area (Å²) in [5.41, 5.74) is 0.345. The zero-order valence-electron chi connectivity index (χ0n) is 12.4. The summed E-state index contributed by atoms with van der Waals surface area (Å²) in [6.45, 7) is -2.97. The van der Waals surface area contributed by atoms with Crippen molar-refractivity contribution in [1.82, 2.24) is 10.6 Å². The van der Waals surface area contributed by atoms with E-state index in [4.69, 9.17) is 11.6 Å². The largest absolute Gasteiger partial charge is 0.434 e. The molecule has 0 aliphatic heterocycles. The molecule has 0 saturated heterocycles. The summed E-state index contributed by atoms with van der Waals surface area (Å²) in [4.78, 5) is 11.9. The Kier molecular flexibility index (Phi) is 6.41. The molecule has 3 N–H and O–H groups in total. The van der Waals surface area contributed by atoms with Crippen molar-refractivity contribution in [3.63, 3.8) is 0 Å². The molecule has 0 spiro atoms. The highest BCUT2D eigenvalue weighted by molar-refractivity contribution is 6.30. The Morgan fingerprint density at radius 1 is 1.39 bits per heavy atom. The Balaban J connectivity index is 1.91. The van der Waals surface area contributed by atoms with Crippen LogP contribution in [-0.2, 0) is 6.54 Å². The molecule has 5 nitrogen and oxygen atoms in total. The molecule has 128 valence electrons. The number of urea groups is 1. The van der Waals surface area contributed by atoms with Gasteiger partial charge in [-0.3, -0.25) is 0 Å². The van der Waals surface area contributed by atoms with Crippen LogP contribution in [0.3, 0.4) is 0 Å². The van der Waals surface area contributed by atoms with E-state index in [2.05, 4.69) is 15.4 Å². The van der Waals surface area contributed by atoms with Gasteiger partial charge >= 0.3 is 12.6 Å². The molecule has 1 aliphatic rings. The second kappa shape index (κ2) is 8.31. The lowest BCUT2D eigenvalue weighted by Gasteiger charge is -2.28. The molecule has 1 fully saturated rings. The fraction of sp³-hybridized carbons (Fsp3) is 0.533. The Bertz CT molecular complexity index is 545. The molecule has 2 atom stereocenters. The fourth-order valence-electron chi connectivity index (χ4n) is 2.57. The van der Waals surface area contributed by atoms with Crippen LogP contribution >= 0.6 is 11.6 Å². The van der Waals surface area contributed by atoms with Crippen LogP contribution in [0.5, 0.6) is 5.75 Å². The summed E-state index contributed by atoms with van der Waals surface area (Å²) < 4.78 is 29.1. The van der Waals surface area contributed by atoms with Crippen LogP contribution in [0.15, 0.2) is 18.2 Å². The number of rotatable bonds is 5. The quantitative estimate of drug-likeness (QED) is 0.766. The summed E-state index contributed by atoms with van der Waals surface area (Å²) in [6.07, 6.45) is 2.70. The number of nitrogens with one attached hydrogen (secondary N) is 2. The standard InChI is InChI=1S/C15H19ClF2N2O3/c16-10-5-6-13(23-14(17)18)9(7-10)8-19-15(22)20-11-3-1-2-4-12(11)21/h5-7,11-12,14,21H,1-4,8H2,(H2,19,20,22). The minimum absolute atomic E-state index is 0.0166. The number of aliphatic hydroxyl groups excluding tert-OH is 1. The van der Waals surface area contributed by atoms with E-state index in [0.29, 0.717) is 23.4 Å². The molecule has 1 aromatic carbocycles. The molecule has 2 unspecified atom stereocenters. The third-order valence-electron chi connectivity index (χ3n) is 3.72. The number of amides is 2. The van der Waals surface area contributed by atoms with Gasteiger partial charge in [0.1, 0.15) is 5.75 Å². The van der Waals surface area contributed by atoms with Crippen molar-refractivity contribution in [3.05, 3.63) is 28.8 Å². The van der Waals surface area contributed by atoms with Gasteiger partial charge in [0, 0.05) is 17.1 Å². The maximum Gasteiger partial charge on any atom is 0.387 e. The number of carbonyl (C=O) groups excluding carboxylic acids is 1. The molecule has 1 aliphatic carbocycles. The zero-order chi connectivity index (χ0) is 16.8. The van der Waals surface area contributed by atoms with Crippen LogP contribution < -0.4 is 15.4 Å². The number of hydrogen-bond acceptors (Lipinski definition) is 3. The number of alkyl halides is 2. The third-order valence-corrected chi connectivity index (χ3v) is 3.96. The molecule has 0 bridgehead atoms. The maximum atomic E-state index is 12.4. The predicted octanol–water partition coefficient (Wildman–Crippen LogP) is 3.04. The number of aliphatic hydroxyl groups is 1. The highest BCUT2D eigenvalue weighted by atomic mass is 35.5. The highest BCUT2D eigenvalue weighted by Crippen LogP contribution is 2.24. The van der Waals surface area contributed by atoms with E-state index in [-0.39, 0.29) is 18.3 Å². The van der Waals surface area contributed by atoms with Crippen LogP contribution in [0.25, 0.3) is 0 Å². The minimum Gasteiger partial charge on any atom is -0.434 e. The monoisotopic (exact) mass is 348 g/mol. The van der Waals surface area contributed by atoms with E-state index in [1.165, 1.54) is 18.2 Å². The van der Waals surface area contributed by atoms with Crippen LogP contribution in [-0.4, -0.2) is 29.9 Å². The molecule has 0 aromatic heterocycles. The fourth-order valence-corrected chi connectivity index (χ4v) is 2.77. The lowest BCUT2D eigenvalue weighted by molar-refractivity contribution is -0.0504. The van der Waals surface area contributed by atoms with Gasteiger partial charge in [-0.1, -0.05) is 24.4 Å². The smallest absolute Gasteiger partial charge is 0.387 e. The lowest BCUT2D eigenvalue weighted by atomic mass is 9.93. The Hall–Kier alpha value is -1.60. The van der Waals surface area contributed by atoms with E-state index in [1.807, 2.05) is 0 Å². The lowest BCUT2D eigenvalue weighted by Crippen LogP contribution is -2.48. The molecular formula is C15H19ClF2N2O3. The third kappa shape index (κ3) is 5.51. The van der Waals surface area contributed by atoms with Gasteiger partial charge in [-0.05, 0) is 31.0 Å². The summed E-state index contributed by atoms with van der Waals surface area (Å²) in [7, 11) is 0. The first-order chi connectivity index (χ1) is 11.0. The molecule has 0 heterocycles. The van der Waals surface area contributed by atoms with Gasteiger partial charge in [-0.15, -0.1) is 0 Å². The average molecular weight is 349 g/mol. The SMILES string of the molecule is O=C(NCc1cc(Cl)ccc1OC(F)F)NC1CCCCC1O. The van der Waals surface area contributed by atoms with Crippen LogP contribution in [0.4, 0.5) is 13.6 Å². The molecule has 1 saturated carbocycles. The van der Waals surface area contributed by atoms with Gasteiger partial charge < -0.3 is 20.5 Å². The Morgan fingerprint density at radius 2 is 2.13 bits per heavy atom. The summed E-state index contributed by atoms with van der Waals surface area (Å²) in [5.74, 6) is -0.0394. The molecule has 2 amide bonds. The number of ether oxygens (including phenoxy) is 1. The van der Waals surface area contributed by atoms with Gasteiger partial charge in [0.05, 0.1) is 12.1 Å². The van der Waals surface area contributed by atoms with E-state index in [9.17, 15) is 18.7 Å². The molecule has 0 radical (unpaired) electrons. The number of hydrogen-bond donors (Lipinski definition) is 3. The molecule has 1 aromatic rings. The summed E-state index contributed by atoms with van der Waals surface area (Å²) in [6, 6.07) is 3.45. The van der Waals surface area contributed by atoms with Gasteiger partial charge in [0.25, 0.3) is 0 Å². The molecule has 23 heavy (non-hydrogen) atoms. The van der Waals surface area contributed by atoms with Gasteiger partial charge in [-0.2, -0.15) is 8.78 Å². The van der Waals surface area contributed by atoms with Crippen molar-refractivity contribution in [2.75, 3.05) is 0 Å². The van der Waals surface area contributed by atoms with Crippen LogP contribution in [0.1, 0.15) is 31.2 Å². The highest BCUT2D eigenvalue weighted by Gasteiger charge is 2.24. The first-order valence-corrected chi connectivity index (χ1v) is 7.79. The number of carbonyl (C=O) groups is 1. The summed E-state index contributed by atoms with van der Waals surface area (Å²) >= 11 is 5.84. The Morgan fingerprint density at radius 3 is 2.83 bits per heavy atom. The van der Waals surface area contributed by atoms with Crippen LogP contribution in [0.2, 0.25) is 5.02 Å². The Labute approximate surface area is 138 Å². The van der Waals surface area contributed by atoms with E-state index < -0.39 is 18.7 Å². The minimum atomic E-state index is -2.96. The maximum absolute atomic E-state index is 12.4. The predicted molar refractivity (Wildman–Crippen MR) is 81.7 cm³/mol. The van der Waals surface area contributed by atoms with Crippen molar-refractivity contribution in [2.24, 2.45) is 0 Å². The van der Waals surface area contributed by atoms with E-state index in [0.717, 1.165) is 12.8 Å².